The molecule has 1 aliphatic rings. The van der Waals surface area contributed by atoms with Gasteiger partial charge in [-0.15, -0.1) is 0 Å². The highest BCUT2D eigenvalue weighted by Crippen LogP contribution is 2.29. The van der Waals surface area contributed by atoms with Crippen molar-refractivity contribution in [3.63, 3.8) is 0 Å². The van der Waals surface area contributed by atoms with Crippen LogP contribution >= 0.6 is 12.2 Å². The van der Waals surface area contributed by atoms with Crippen LogP contribution in [0.15, 0.2) is 0 Å². The lowest BCUT2D eigenvalue weighted by Crippen LogP contribution is -2.58. The summed E-state index contributed by atoms with van der Waals surface area (Å²) in [5.74, 6) is 0.654. The van der Waals surface area contributed by atoms with Crippen LogP contribution in [0, 0.1) is 5.92 Å². The van der Waals surface area contributed by atoms with Gasteiger partial charge in [0, 0.05) is 18.5 Å². The predicted molar refractivity (Wildman–Crippen MR) is 52.8 cm³/mol. The van der Waals surface area contributed by atoms with Crippen LogP contribution in [0.3, 0.4) is 0 Å². The lowest BCUT2D eigenvalue weighted by Gasteiger charge is -2.48. The molecule has 0 radical (unpaired) electrons. The van der Waals surface area contributed by atoms with E-state index >= 15 is 0 Å². The van der Waals surface area contributed by atoms with E-state index in [9.17, 15) is 0 Å². The minimum Gasteiger partial charge on any atom is -0.362 e. The van der Waals surface area contributed by atoms with Crippen molar-refractivity contribution >= 4 is 17.2 Å². The molecule has 1 aliphatic heterocycles. The lowest BCUT2D eigenvalue weighted by molar-refractivity contribution is 0.189. The van der Waals surface area contributed by atoms with Gasteiger partial charge in [0.2, 0.25) is 0 Å². The normalized spacial score (nSPS) is 30.5. The zero-order valence-corrected chi connectivity index (χ0v) is 8.45. The highest BCUT2D eigenvalue weighted by Gasteiger charge is 2.37. The minimum atomic E-state index is 0.654. The molecule has 1 nitrogen and oxygen atoms in total. The summed E-state index contributed by atoms with van der Waals surface area (Å²) in [6.07, 6.45) is 2.45. The second-order valence-corrected chi connectivity index (χ2v) is 3.71. The molecule has 1 heterocycles. The Morgan fingerprint density at radius 3 is 2.55 bits per heavy atom. The van der Waals surface area contributed by atoms with E-state index in [-0.39, 0.29) is 0 Å². The van der Waals surface area contributed by atoms with Crippen LogP contribution in [-0.4, -0.2) is 22.5 Å². The highest BCUT2D eigenvalue weighted by molar-refractivity contribution is 7.80. The number of rotatable bonds is 3. The highest BCUT2D eigenvalue weighted by atomic mass is 32.1. The summed E-state index contributed by atoms with van der Waals surface area (Å²) in [5.41, 5.74) is 0. The molecule has 0 aromatic heterocycles. The van der Waals surface area contributed by atoms with E-state index in [2.05, 4.69) is 25.7 Å². The quantitative estimate of drug-likeness (QED) is 0.600. The Morgan fingerprint density at radius 1 is 1.45 bits per heavy atom. The van der Waals surface area contributed by atoms with Gasteiger partial charge in [-0.25, -0.2) is 0 Å². The Bertz CT molecular complexity index is 156. The summed E-state index contributed by atoms with van der Waals surface area (Å²) in [4.78, 5) is 3.55. The Kier molecular flexibility index (Phi) is 2.88. The molecule has 0 unspecified atom stereocenters. The summed E-state index contributed by atoms with van der Waals surface area (Å²) in [6, 6.07) is 0.738. The molecule has 0 aromatic carbocycles. The van der Waals surface area contributed by atoms with E-state index in [4.69, 9.17) is 12.2 Å². The van der Waals surface area contributed by atoms with Crippen molar-refractivity contribution < 1.29 is 0 Å². The monoisotopic (exact) mass is 171 g/mol. The minimum absolute atomic E-state index is 0.654. The fourth-order valence-corrected chi connectivity index (χ4v) is 2.25. The molecule has 11 heavy (non-hydrogen) atoms. The first-order valence-electron chi connectivity index (χ1n) is 4.52. The van der Waals surface area contributed by atoms with Crippen molar-refractivity contribution in [2.24, 2.45) is 5.92 Å². The number of hydrogen-bond donors (Lipinski definition) is 0. The first-order chi connectivity index (χ1) is 5.22. The third-order valence-electron chi connectivity index (χ3n) is 2.53. The Labute approximate surface area is 74.8 Å². The van der Waals surface area contributed by atoms with E-state index in [0.29, 0.717) is 5.92 Å². The maximum Gasteiger partial charge on any atom is 0.0831 e. The standard InChI is InChI=1S/C9H17NS/c1-4-6-10-8(5-2)7(3)9(10)11/h7-8H,4-6H2,1-3H3/t7-,8+/m0/s1. The van der Waals surface area contributed by atoms with Crippen molar-refractivity contribution in [1.82, 2.24) is 4.90 Å². The zero-order valence-electron chi connectivity index (χ0n) is 7.63. The second kappa shape index (κ2) is 3.53. The molecule has 0 spiro atoms. The first-order valence-corrected chi connectivity index (χ1v) is 4.93. The third-order valence-corrected chi connectivity index (χ3v) is 3.14. The van der Waals surface area contributed by atoms with Gasteiger partial charge in [-0.05, 0) is 12.8 Å². The Hall–Kier alpha value is -0.110. The van der Waals surface area contributed by atoms with Crippen molar-refractivity contribution in [1.29, 1.82) is 0 Å². The van der Waals surface area contributed by atoms with Gasteiger partial charge in [-0.2, -0.15) is 0 Å². The number of nitrogens with zero attached hydrogens (tertiary/aromatic N) is 1. The van der Waals surface area contributed by atoms with E-state index in [0.717, 1.165) is 12.6 Å². The molecule has 0 saturated carbocycles. The first kappa shape index (κ1) is 8.98. The molecule has 2 heteroatoms. The molecular formula is C9H17NS. The Balaban J connectivity index is 2.46. The fourth-order valence-electron chi connectivity index (χ4n) is 1.87. The average Bonchev–Trinajstić information content (AvgIpc) is 2.04. The fraction of sp³-hybridized carbons (Fsp3) is 0.889. The van der Waals surface area contributed by atoms with Crippen LogP contribution in [0.4, 0.5) is 0 Å². The summed E-state index contributed by atoms with van der Waals surface area (Å²) in [5, 5.41) is 0. The molecule has 1 fully saturated rings. The smallest absolute Gasteiger partial charge is 0.0831 e. The van der Waals surface area contributed by atoms with Gasteiger partial charge in [-0.3, -0.25) is 0 Å². The number of thiocarbonyl (C=S) groups is 1. The molecule has 0 aromatic rings. The van der Waals surface area contributed by atoms with Crippen LogP contribution in [0.25, 0.3) is 0 Å². The van der Waals surface area contributed by atoms with Crippen molar-refractivity contribution in [2.45, 2.75) is 39.7 Å². The van der Waals surface area contributed by atoms with Gasteiger partial charge < -0.3 is 4.90 Å². The zero-order chi connectivity index (χ0) is 8.43. The lowest BCUT2D eigenvalue weighted by atomic mass is 9.88. The van der Waals surface area contributed by atoms with E-state index in [1.54, 1.807) is 0 Å². The summed E-state index contributed by atoms with van der Waals surface area (Å²) in [6.45, 7) is 7.84. The van der Waals surface area contributed by atoms with Gasteiger partial charge in [-0.1, -0.05) is 33.0 Å². The molecule has 1 rings (SSSR count). The molecule has 1 saturated heterocycles. The van der Waals surface area contributed by atoms with E-state index < -0.39 is 0 Å². The predicted octanol–water partition coefficient (Wildman–Crippen LogP) is 2.45. The second-order valence-electron chi connectivity index (χ2n) is 3.30. The van der Waals surface area contributed by atoms with Crippen molar-refractivity contribution in [3.8, 4) is 0 Å². The number of likely N-dealkylation sites (tertiary alicyclic amines) is 1. The van der Waals surface area contributed by atoms with Gasteiger partial charge in [0.15, 0.2) is 0 Å². The van der Waals surface area contributed by atoms with Crippen LogP contribution in [0.2, 0.25) is 0 Å². The van der Waals surface area contributed by atoms with Gasteiger partial charge >= 0.3 is 0 Å². The van der Waals surface area contributed by atoms with Gasteiger partial charge in [0.25, 0.3) is 0 Å². The number of hydrogen-bond acceptors (Lipinski definition) is 1. The van der Waals surface area contributed by atoms with Crippen LogP contribution < -0.4 is 0 Å². The maximum absolute atomic E-state index is 5.26. The van der Waals surface area contributed by atoms with Crippen LogP contribution in [-0.2, 0) is 0 Å². The summed E-state index contributed by atoms with van der Waals surface area (Å²) >= 11 is 5.26. The molecule has 0 N–H and O–H groups in total. The van der Waals surface area contributed by atoms with Crippen LogP contribution in [0.5, 0.6) is 0 Å². The molecule has 0 amide bonds. The molecular weight excluding hydrogens is 154 g/mol. The third kappa shape index (κ3) is 1.41. The van der Waals surface area contributed by atoms with E-state index in [1.807, 2.05) is 0 Å². The van der Waals surface area contributed by atoms with Gasteiger partial charge in [0.05, 0.1) is 4.99 Å². The summed E-state index contributed by atoms with van der Waals surface area (Å²) < 4.78 is 0. The average molecular weight is 171 g/mol. The largest absolute Gasteiger partial charge is 0.362 e. The molecule has 0 bridgehead atoms. The van der Waals surface area contributed by atoms with Crippen LogP contribution in [0.1, 0.15) is 33.6 Å². The Morgan fingerprint density at radius 2 is 2.09 bits per heavy atom. The molecule has 0 aliphatic carbocycles. The maximum atomic E-state index is 5.26. The van der Waals surface area contributed by atoms with E-state index in [1.165, 1.54) is 17.8 Å². The van der Waals surface area contributed by atoms with Crippen molar-refractivity contribution in [2.75, 3.05) is 6.54 Å². The SMILES string of the molecule is CCCN1C(=S)[C@@H](C)[C@H]1CC. The topological polar surface area (TPSA) is 3.24 Å². The summed E-state index contributed by atoms with van der Waals surface area (Å²) in [7, 11) is 0. The molecule has 2 atom stereocenters. The molecule has 64 valence electrons. The van der Waals surface area contributed by atoms with Gasteiger partial charge in [0.1, 0.15) is 0 Å². The van der Waals surface area contributed by atoms with Crippen molar-refractivity contribution in [3.05, 3.63) is 0 Å².